The van der Waals surface area contributed by atoms with Gasteiger partial charge in [0.1, 0.15) is 0 Å². The van der Waals surface area contributed by atoms with Gasteiger partial charge in [0.25, 0.3) is 0 Å². The molecule has 1 saturated heterocycles. The van der Waals surface area contributed by atoms with E-state index in [9.17, 15) is 0 Å². The van der Waals surface area contributed by atoms with Crippen molar-refractivity contribution in [1.82, 2.24) is 11.4 Å². The van der Waals surface area contributed by atoms with Crippen LogP contribution in [0.25, 0.3) is 0 Å². The summed E-state index contributed by atoms with van der Waals surface area (Å²) in [5.41, 5.74) is 0. The quantitative estimate of drug-likeness (QED) is 0.584. The van der Waals surface area contributed by atoms with E-state index in [4.69, 9.17) is 0 Å². The molecule has 7 heteroatoms. The molecule has 1 aliphatic heterocycles. The van der Waals surface area contributed by atoms with Gasteiger partial charge in [0.15, 0.2) is 0 Å². The van der Waals surface area contributed by atoms with Crippen molar-refractivity contribution < 1.29 is 0 Å². The molecule has 0 aromatic carbocycles. The van der Waals surface area contributed by atoms with Gasteiger partial charge in [-0.1, -0.05) is 12.8 Å². The number of nitrogens with one attached hydrogen (secondary N) is 2. The second kappa shape index (κ2) is 3.40. The lowest BCUT2D eigenvalue weighted by Gasteiger charge is -2.63. The SMILES string of the molecule is CS1(C)NS(C)(C)N(S)S(C)(C)N1. The van der Waals surface area contributed by atoms with Gasteiger partial charge in [-0.15, -0.1) is 31.2 Å². The predicted octanol–water partition coefficient (Wildman–Crippen LogP) is 2.01. The molecule has 2 N–H and O–H groups in total. The second-order valence-corrected chi connectivity index (χ2v) is 15.3. The van der Waals surface area contributed by atoms with Crippen LogP contribution in [0.1, 0.15) is 0 Å². The topological polar surface area (TPSA) is 27.3 Å². The average molecular weight is 264 g/mol. The molecule has 0 aliphatic carbocycles. The van der Waals surface area contributed by atoms with Crippen LogP contribution in [-0.4, -0.2) is 40.7 Å². The number of rotatable bonds is 0. The summed E-state index contributed by atoms with van der Waals surface area (Å²) in [7, 11) is -2.68. The van der Waals surface area contributed by atoms with E-state index in [-0.39, 0.29) is 0 Å². The summed E-state index contributed by atoms with van der Waals surface area (Å²) in [5.74, 6) is 0. The molecule has 0 amide bonds. The van der Waals surface area contributed by atoms with Gasteiger partial charge < -0.3 is 0 Å². The van der Waals surface area contributed by atoms with Crippen LogP contribution in [0.5, 0.6) is 0 Å². The number of thiol groups is 1. The van der Waals surface area contributed by atoms with E-state index in [1.165, 1.54) is 0 Å². The molecule has 0 bridgehead atoms. The fourth-order valence-corrected chi connectivity index (χ4v) is 15.6. The maximum Gasteiger partial charge on any atom is -0.00793 e. The minimum atomic E-state index is -0.918. The molecular formula is C6H21N3S4. The Morgan fingerprint density at radius 2 is 1.15 bits per heavy atom. The first-order chi connectivity index (χ1) is 5.57. The molecule has 0 radical (unpaired) electrons. The largest absolute Gasteiger partial charge is 0.218 e. The Morgan fingerprint density at radius 3 is 1.46 bits per heavy atom. The first-order valence-electron chi connectivity index (χ1n) is 3.83. The summed E-state index contributed by atoms with van der Waals surface area (Å²) < 4.78 is 9.52. The van der Waals surface area contributed by atoms with Gasteiger partial charge in [-0.05, 0) is 37.5 Å². The van der Waals surface area contributed by atoms with E-state index in [1.54, 1.807) is 0 Å². The van der Waals surface area contributed by atoms with E-state index in [0.717, 1.165) is 0 Å². The third kappa shape index (κ3) is 2.64. The summed E-state index contributed by atoms with van der Waals surface area (Å²) in [4.78, 5) is 0. The number of hydrogen-bond acceptors (Lipinski definition) is 4. The zero-order valence-electron chi connectivity index (χ0n) is 9.12. The van der Waals surface area contributed by atoms with Gasteiger partial charge in [-0.3, -0.25) is 0 Å². The lowest BCUT2D eigenvalue weighted by molar-refractivity contribution is 1.14. The van der Waals surface area contributed by atoms with Crippen LogP contribution in [0.2, 0.25) is 0 Å². The van der Waals surface area contributed by atoms with Crippen molar-refractivity contribution in [2.75, 3.05) is 37.5 Å². The fourth-order valence-electron chi connectivity index (χ4n) is 1.57. The number of nitrogens with zero attached hydrogens (tertiary/aromatic N) is 1. The van der Waals surface area contributed by atoms with Crippen LogP contribution in [0.15, 0.2) is 0 Å². The van der Waals surface area contributed by atoms with Gasteiger partial charge in [-0.25, -0.2) is 8.25 Å². The lowest BCUT2D eigenvalue weighted by atomic mass is 11.9. The Morgan fingerprint density at radius 1 is 0.846 bits per heavy atom. The molecule has 1 rings (SSSR count). The highest BCUT2D eigenvalue weighted by Crippen LogP contribution is 2.68. The van der Waals surface area contributed by atoms with E-state index in [0.29, 0.717) is 0 Å². The van der Waals surface area contributed by atoms with E-state index >= 15 is 0 Å². The van der Waals surface area contributed by atoms with Gasteiger partial charge in [0, 0.05) is 0 Å². The molecule has 1 fully saturated rings. The first-order valence-corrected chi connectivity index (χ1v) is 11.5. The smallest absolute Gasteiger partial charge is 0.00793 e. The summed E-state index contributed by atoms with van der Waals surface area (Å²) in [6.07, 6.45) is 13.5. The van der Waals surface area contributed by atoms with Crippen LogP contribution in [0, 0.1) is 0 Å². The zero-order chi connectivity index (χ0) is 10.5. The van der Waals surface area contributed by atoms with Crippen LogP contribution < -0.4 is 8.25 Å². The molecule has 3 nitrogen and oxygen atoms in total. The summed E-state index contributed by atoms with van der Waals surface area (Å²) in [5, 5.41) is 0. The Balaban J connectivity index is 2.96. The van der Waals surface area contributed by atoms with Crippen molar-refractivity contribution in [2.45, 2.75) is 0 Å². The molecule has 0 unspecified atom stereocenters. The Labute approximate surface area is 92.7 Å². The van der Waals surface area contributed by atoms with Crippen LogP contribution in [0.3, 0.4) is 0 Å². The third-order valence-electron chi connectivity index (χ3n) is 1.61. The normalized spacial score (nSPS) is 39.0. The molecule has 1 heterocycles. The third-order valence-corrected chi connectivity index (χ3v) is 14.4. The monoisotopic (exact) mass is 263 g/mol. The molecule has 13 heavy (non-hydrogen) atoms. The second-order valence-electron chi connectivity index (χ2n) is 4.28. The molecule has 0 saturated carbocycles. The highest BCUT2D eigenvalue weighted by Gasteiger charge is 2.39. The van der Waals surface area contributed by atoms with E-state index in [1.807, 2.05) is 0 Å². The first kappa shape index (κ1) is 12.4. The standard InChI is InChI=1S/C6H21N3S4/c1-11(2)7-12(3,4)9(10)13(5,6)8-11/h7-8,10H,1-6H3. The van der Waals surface area contributed by atoms with Gasteiger partial charge in [0.2, 0.25) is 0 Å². The van der Waals surface area contributed by atoms with Crippen molar-refractivity contribution in [3.05, 3.63) is 0 Å². The van der Waals surface area contributed by atoms with Crippen molar-refractivity contribution in [1.29, 1.82) is 0 Å². The Hall–Kier alpha value is 1.28. The summed E-state index contributed by atoms with van der Waals surface area (Å²) >= 11 is 4.60. The summed E-state index contributed by atoms with van der Waals surface area (Å²) in [6, 6.07) is 0. The van der Waals surface area contributed by atoms with Crippen molar-refractivity contribution >= 4 is 44.0 Å². The van der Waals surface area contributed by atoms with E-state index < -0.39 is 31.2 Å². The molecule has 0 spiro atoms. The van der Waals surface area contributed by atoms with Crippen LogP contribution >= 0.6 is 44.0 Å². The highest BCUT2D eigenvalue weighted by molar-refractivity contribution is 8.59. The minimum absolute atomic E-state index is 0.847. The average Bonchev–Trinajstić information content (AvgIpc) is 1.77. The maximum atomic E-state index is 4.60. The molecule has 1 aliphatic rings. The zero-order valence-corrected chi connectivity index (χ0v) is 12.5. The van der Waals surface area contributed by atoms with Crippen LogP contribution in [-0.2, 0) is 0 Å². The molecule has 84 valence electrons. The van der Waals surface area contributed by atoms with Crippen LogP contribution in [0.4, 0.5) is 0 Å². The van der Waals surface area contributed by atoms with Gasteiger partial charge >= 0.3 is 0 Å². The Kier molecular flexibility index (Phi) is 3.23. The maximum absolute atomic E-state index is 4.60. The minimum Gasteiger partial charge on any atom is -0.218 e. The molecule has 0 aromatic rings. The Bertz CT molecular complexity index is 196. The highest BCUT2D eigenvalue weighted by atomic mass is 32.4. The van der Waals surface area contributed by atoms with Gasteiger partial charge in [0.05, 0.1) is 0 Å². The van der Waals surface area contributed by atoms with Crippen molar-refractivity contribution in [3.63, 3.8) is 0 Å². The predicted molar refractivity (Wildman–Crippen MR) is 75.4 cm³/mol. The van der Waals surface area contributed by atoms with Crippen molar-refractivity contribution in [3.8, 4) is 0 Å². The van der Waals surface area contributed by atoms with Crippen molar-refractivity contribution in [2.24, 2.45) is 0 Å². The molecular weight excluding hydrogens is 242 g/mol. The lowest BCUT2D eigenvalue weighted by Crippen LogP contribution is -2.47. The fraction of sp³-hybridized carbons (Fsp3) is 1.00. The summed E-state index contributed by atoms with van der Waals surface area (Å²) in [6.45, 7) is 0. The molecule has 0 atom stereocenters. The molecule has 0 aromatic heterocycles. The van der Waals surface area contributed by atoms with Gasteiger partial charge in [-0.2, -0.15) is 3.12 Å². The number of hydrogen-bond donors (Lipinski definition) is 3. The van der Waals surface area contributed by atoms with E-state index in [2.05, 4.69) is 61.7 Å².